The SMILES string of the molecule is O=NCCCCc1cnc(C2=CCNCC2)c(Cl)c1. The first kappa shape index (κ1) is 14.2. The van der Waals surface area contributed by atoms with Crippen molar-refractivity contribution in [3.63, 3.8) is 0 Å². The number of nitroso groups, excluding NO2 is 1. The third-order valence-corrected chi connectivity index (χ3v) is 3.52. The number of unbranched alkanes of at least 4 members (excludes halogenated alkanes) is 1. The maximum Gasteiger partial charge on any atom is 0.0845 e. The normalized spacial score (nSPS) is 15.1. The van der Waals surface area contributed by atoms with E-state index in [-0.39, 0.29) is 0 Å². The van der Waals surface area contributed by atoms with Crippen molar-refractivity contribution in [2.75, 3.05) is 19.6 Å². The summed E-state index contributed by atoms with van der Waals surface area (Å²) in [6.45, 7) is 2.25. The highest BCUT2D eigenvalue weighted by atomic mass is 35.5. The van der Waals surface area contributed by atoms with E-state index in [0.717, 1.165) is 55.1 Å². The van der Waals surface area contributed by atoms with Gasteiger partial charge in [-0.05, 0) is 49.4 Å². The Bertz CT molecular complexity index is 474. The first-order chi connectivity index (χ1) is 9.31. The molecule has 0 fully saturated rings. The molecule has 4 nitrogen and oxygen atoms in total. The van der Waals surface area contributed by atoms with Crippen LogP contribution in [-0.2, 0) is 6.42 Å². The van der Waals surface area contributed by atoms with Crippen LogP contribution >= 0.6 is 11.6 Å². The molecular formula is C14H18ClN3O. The van der Waals surface area contributed by atoms with Crippen molar-refractivity contribution >= 4 is 17.2 Å². The summed E-state index contributed by atoms with van der Waals surface area (Å²) in [5, 5.41) is 6.85. The topological polar surface area (TPSA) is 54.4 Å². The van der Waals surface area contributed by atoms with Gasteiger partial charge in [0.15, 0.2) is 0 Å². The number of aromatic nitrogens is 1. The second kappa shape index (κ2) is 7.36. The van der Waals surface area contributed by atoms with E-state index in [1.165, 1.54) is 5.57 Å². The third kappa shape index (κ3) is 4.11. The Labute approximate surface area is 118 Å². The van der Waals surface area contributed by atoms with Crippen LogP contribution < -0.4 is 5.32 Å². The van der Waals surface area contributed by atoms with Gasteiger partial charge in [-0.1, -0.05) is 22.9 Å². The average Bonchev–Trinajstić information content (AvgIpc) is 2.45. The van der Waals surface area contributed by atoms with E-state index < -0.39 is 0 Å². The summed E-state index contributed by atoms with van der Waals surface area (Å²) in [6, 6.07) is 1.99. The predicted molar refractivity (Wildman–Crippen MR) is 78.3 cm³/mol. The Kier molecular flexibility index (Phi) is 5.48. The molecule has 0 atom stereocenters. The molecule has 0 bridgehead atoms. The van der Waals surface area contributed by atoms with Gasteiger partial charge in [-0.3, -0.25) is 4.98 Å². The van der Waals surface area contributed by atoms with Crippen LogP contribution in [0.15, 0.2) is 23.5 Å². The maximum absolute atomic E-state index is 10.00. The Hall–Kier alpha value is -1.26. The van der Waals surface area contributed by atoms with E-state index in [1.54, 1.807) is 0 Å². The molecule has 0 unspecified atom stereocenters. The lowest BCUT2D eigenvalue weighted by molar-refractivity contribution is 0.734. The highest BCUT2D eigenvalue weighted by Gasteiger charge is 2.11. The van der Waals surface area contributed by atoms with Gasteiger partial charge < -0.3 is 5.32 Å². The van der Waals surface area contributed by atoms with E-state index in [2.05, 4.69) is 21.6 Å². The zero-order valence-electron chi connectivity index (χ0n) is 10.9. The van der Waals surface area contributed by atoms with Crippen LogP contribution in [0.4, 0.5) is 0 Å². The number of hydrogen-bond donors (Lipinski definition) is 1. The number of nitrogens with zero attached hydrogens (tertiary/aromatic N) is 2. The molecule has 1 aliphatic heterocycles. The minimum absolute atomic E-state index is 0.388. The minimum Gasteiger partial charge on any atom is -0.313 e. The Morgan fingerprint density at radius 1 is 1.42 bits per heavy atom. The Morgan fingerprint density at radius 3 is 3.00 bits per heavy atom. The summed E-state index contributed by atoms with van der Waals surface area (Å²) < 4.78 is 0. The highest BCUT2D eigenvalue weighted by Crippen LogP contribution is 2.26. The number of hydrogen-bond acceptors (Lipinski definition) is 4. The van der Waals surface area contributed by atoms with Crippen molar-refractivity contribution in [1.29, 1.82) is 0 Å². The van der Waals surface area contributed by atoms with E-state index in [9.17, 15) is 4.91 Å². The molecule has 1 aliphatic rings. The molecule has 2 rings (SSSR count). The standard InChI is InChI=1S/C14H18ClN3O/c15-13-9-11(3-1-2-6-18-19)10-17-14(13)12-4-7-16-8-5-12/h4,9-10,16H,1-3,5-8H2. The van der Waals surface area contributed by atoms with Gasteiger partial charge in [0.1, 0.15) is 0 Å². The molecule has 102 valence electrons. The number of rotatable bonds is 6. The van der Waals surface area contributed by atoms with Crippen molar-refractivity contribution in [3.05, 3.63) is 39.5 Å². The predicted octanol–water partition coefficient (Wildman–Crippen LogP) is 3.20. The van der Waals surface area contributed by atoms with Crippen molar-refractivity contribution in [3.8, 4) is 0 Å². The number of pyridine rings is 1. The van der Waals surface area contributed by atoms with Gasteiger partial charge in [0.25, 0.3) is 0 Å². The first-order valence-electron chi connectivity index (χ1n) is 6.65. The summed E-state index contributed by atoms with van der Waals surface area (Å²) in [5.41, 5.74) is 3.25. The molecule has 19 heavy (non-hydrogen) atoms. The number of aryl methyl sites for hydroxylation is 1. The van der Waals surface area contributed by atoms with Crippen molar-refractivity contribution in [2.24, 2.45) is 5.18 Å². The summed E-state index contributed by atoms with van der Waals surface area (Å²) in [6.07, 6.45) is 7.65. The van der Waals surface area contributed by atoms with Crippen LogP contribution in [-0.4, -0.2) is 24.6 Å². The molecular weight excluding hydrogens is 262 g/mol. The second-order valence-electron chi connectivity index (χ2n) is 4.67. The van der Waals surface area contributed by atoms with E-state index in [1.807, 2.05) is 12.3 Å². The molecule has 0 aromatic carbocycles. The van der Waals surface area contributed by atoms with E-state index in [0.29, 0.717) is 6.54 Å². The second-order valence-corrected chi connectivity index (χ2v) is 5.07. The molecule has 0 saturated carbocycles. The zero-order chi connectivity index (χ0) is 13.5. The van der Waals surface area contributed by atoms with Gasteiger partial charge in [-0.15, -0.1) is 0 Å². The molecule has 0 radical (unpaired) electrons. The van der Waals surface area contributed by atoms with Crippen LogP contribution in [0, 0.1) is 4.91 Å². The lowest BCUT2D eigenvalue weighted by Crippen LogP contribution is -2.20. The van der Waals surface area contributed by atoms with Gasteiger partial charge in [0.05, 0.1) is 17.3 Å². The lowest BCUT2D eigenvalue weighted by Gasteiger charge is -2.15. The van der Waals surface area contributed by atoms with Crippen molar-refractivity contribution < 1.29 is 0 Å². The minimum atomic E-state index is 0.388. The van der Waals surface area contributed by atoms with Crippen LogP contribution in [0.2, 0.25) is 5.02 Å². The molecule has 5 heteroatoms. The molecule has 0 aliphatic carbocycles. The Morgan fingerprint density at radius 2 is 2.32 bits per heavy atom. The molecule has 1 N–H and O–H groups in total. The van der Waals surface area contributed by atoms with Crippen LogP contribution in [0.3, 0.4) is 0 Å². The fourth-order valence-corrected chi connectivity index (χ4v) is 2.50. The van der Waals surface area contributed by atoms with E-state index >= 15 is 0 Å². The fraction of sp³-hybridized carbons (Fsp3) is 0.500. The largest absolute Gasteiger partial charge is 0.313 e. The van der Waals surface area contributed by atoms with Crippen molar-refractivity contribution in [1.82, 2.24) is 10.3 Å². The fourth-order valence-electron chi connectivity index (χ4n) is 2.19. The van der Waals surface area contributed by atoms with E-state index in [4.69, 9.17) is 11.6 Å². The van der Waals surface area contributed by atoms with Gasteiger partial charge in [-0.2, -0.15) is 4.91 Å². The van der Waals surface area contributed by atoms with Gasteiger partial charge >= 0.3 is 0 Å². The van der Waals surface area contributed by atoms with Crippen LogP contribution in [0.5, 0.6) is 0 Å². The van der Waals surface area contributed by atoms with Crippen molar-refractivity contribution in [2.45, 2.75) is 25.7 Å². The summed E-state index contributed by atoms with van der Waals surface area (Å²) in [5.74, 6) is 0. The van der Waals surface area contributed by atoms with Crippen LogP contribution in [0.1, 0.15) is 30.5 Å². The average molecular weight is 280 g/mol. The third-order valence-electron chi connectivity index (χ3n) is 3.23. The monoisotopic (exact) mass is 279 g/mol. The molecule has 0 spiro atoms. The lowest BCUT2D eigenvalue weighted by atomic mass is 10.0. The zero-order valence-corrected chi connectivity index (χ0v) is 11.6. The summed E-state index contributed by atoms with van der Waals surface area (Å²) >= 11 is 6.31. The molecule has 1 aromatic rings. The first-order valence-corrected chi connectivity index (χ1v) is 7.02. The highest BCUT2D eigenvalue weighted by molar-refractivity contribution is 6.32. The number of halogens is 1. The van der Waals surface area contributed by atoms with Gasteiger partial charge in [0.2, 0.25) is 0 Å². The molecule has 2 heterocycles. The quantitative estimate of drug-likeness (QED) is 0.643. The van der Waals surface area contributed by atoms with Crippen LogP contribution in [0.25, 0.3) is 5.57 Å². The molecule has 1 aromatic heterocycles. The molecule has 0 amide bonds. The summed E-state index contributed by atoms with van der Waals surface area (Å²) in [7, 11) is 0. The maximum atomic E-state index is 10.00. The Balaban J connectivity index is 2.00. The van der Waals surface area contributed by atoms with Gasteiger partial charge in [0, 0.05) is 12.7 Å². The van der Waals surface area contributed by atoms with Gasteiger partial charge in [-0.25, -0.2) is 0 Å². The molecule has 0 saturated heterocycles. The summed E-state index contributed by atoms with van der Waals surface area (Å²) in [4.78, 5) is 14.5. The smallest absolute Gasteiger partial charge is 0.0845 e. The number of nitrogens with one attached hydrogen (secondary N) is 1.